The summed E-state index contributed by atoms with van der Waals surface area (Å²) in [5.41, 5.74) is 1.11. The third-order valence-electron chi connectivity index (χ3n) is 5.82. The van der Waals surface area contributed by atoms with Gasteiger partial charge in [-0.2, -0.15) is 0 Å². The smallest absolute Gasteiger partial charge is 0.236 e. The second-order valence-electron chi connectivity index (χ2n) is 8.14. The summed E-state index contributed by atoms with van der Waals surface area (Å²) >= 11 is 0. The second kappa shape index (κ2) is 10.4. The first-order valence-electron chi connectivity index (χ1n) is 10.8. The number of carbonyl (C=O) groups is 2. The van der Waals surface area contributed by atoms with Crippen LogP contribution in [0.2, 0.25) is 0 Å². The van der Waals surface area contributed by atoms with Gasteiger partial charge in [0.1, 0.15) is 5.75 Å². The number of nitrogens with one attached hydrogen (secondary N) is 1. The average Bonchev–Trinajstić information content (AvgIpc) is 2.77. The molecule has 1 heterocycles. The van der Waals surface area contributed by atoms with Gasteiger partial charge >= 0.3 is 0 Å². The van der Waals surface area contributed by atoms with Crippen molar-refractivity contribution < 1.29 is 14.3 Å². The predicted molar refractivity (Wildman–Crippen MR) is 119 cm³/mol. The molecule has 1 saturated heterocycles. The van der Waals surface area contributed by atoms with Crippen LogP contribution in [0.4, 0.5) is 0 Å². The van der Waals surface area contributed by atoms with Crippen LogP contribution in [0.25, 0.3) is 10.8 Å². The monoisotopic (exact) mass is 411 g/mol. The topological polar surface area (TPSA) is 61.9 Å². The summed E-state index contributed by atoms with van der Waals surface area (Å²) < 4.78 is 5.28. The lowest BCUT2D eigenvalue weighted by atomic mass is 9.96. The maximum Gasteiger partial charge on any atom is 0.236 e. The Hall–Kier alpha value is -2.60. The molecule has 1 N–H and O–H groups in total. The van der Waals surface area contributed by atoms with Crippen LogP contribution in [-0.2, 0) is 16.1 Å². The fraction of sp³-hybridized carbons (Fsp3) is 0.500. The van der Waals surface area contributed by atoms with E-state index in [1.165, 1.54) is 0 Å². The molecular formula is C24H33N3O3. The van der Waals surface area contributed by atoms with Crippen molar-refractivity contribution in [2.24, 2.45) is 5.92 Å². The molecule has 0 bridgehead atoms. The number of benzene rings is 2. The number of rotatable bonds is 8. The molecule has 6 nitrogen and oxygen atoms in total. The fourth-order valence-corrected chi connectivity index (χ4v) is 3.92. The Morgan fingerprint density at radius 3 is 2.53 bits per heavy atom. The SMILES string of the molecule is CCCNC(=O)C1CCN(CC(=O)N(C)Cc2ccc3cc(OC)ccc3c2)CC1. The van der Waals surface area contributed by atoms with E-state index in [0.29, 0.717) is 13.1 Å². The van der Waals surface area contributed by atoms with Crippen LogP contribution >= 0.6 is 0 Å². The molecule has 0 atom stereocenters. The van der Waals surface area contributed by atoms with Crippen LogP contribution in [0.5, 0.6) is 5.75 Å². The Morgan fingerprint density at radius 1 is 1.13 bits per heavy atom. The quantitative estimate of drug-likeness (QED) is 0.725. The highest BCUT2D eigenvalue weighted by molar-refractivity contribution is 5.85. The highest BCUT2D eigenvalue weighted by Gasteiger charge is 2.26. The number of amides is 2. The number of hydrogen-bond acceptors (Lipinski definition) is 4. The molecular weight excluding hydrogens is 378 g/mol. The molecule has 0 radical (unpaired) electrons. The number of hydrogen-bond donors (Lipinski definition) is 1. The van der Waals surface area contributed by atoms with E-state index in [0.717, 1.165) is 61.0 Å². The second-order valence-corrected chi connectivity index (χ2v) is 8.14. The van der Waals surface area contributed by atoms with Gasteiger partial charge in [0.05, 0.1) is 13.7 Å². The minimum absolute atomic E-state index is 0.0804. The lowest BCUT2D eigenvalue weighted by Gasteiger charge is -2.32. The number of ether oxygens (including phenoxy) is 1. The molecule has 30 heavy (non-hydrogen) atoms. The van der Waals surface area contributed by atoms with E-state index in [9.17, 15) is 9.59 Å². The molecule has 2 aromatic carbocycles. The van der Waals surface area contributed by atoms with Crippen LogP contribution in [0, 0.1) is 5.92 Å². The van der Waals surface area contributed by atoms with Gasteiger partial charge in [0, 0.05) is 26.1 Å². The van der Waals surface area contributed by atoms with E-state index in [2.05, 4.69) is 35.3 Å². The molecule has 1 fully saturated rings. The lowest BCUT2D eigenvalue weighted by Crippen LogP contribution is -2.44. The Morgan fingerprint density at radius 2 is 1.83 bits per heavy atom. The summed E-state index contributed by atoms with van der Waals surface area (Å²) in [6.07, 6.45) is 2.60. The van der Waals surface area contributed by atoms with E-state index >= 15 is 0 Å². The first-order valence-corrected chi connectivity index (χ1v) is 10.8. The molecule has 3 rings (SSSR count). The number of carbonyl (C=O) groups excluding carboxylic acids is 2. The molecule has 2 amide bonds. The molecule has 0 aromatic heterocycles. The maximum atomic E-state index is 12.7. The van der Waals surface area contributed by atoms with Crippen molar-refractivity contribution >= 4 is 22.6 Å². The van der Waals surface area contributed by atoms with Gasteiger partial charge in [-0.3, -0.25) is 14.5 Å². The van der Waals surface area contributed by atoms with Gasteiger partial charge in [-0.05, 0) is 66.9 Å². The molecule has 2 aromatic rings. The zero-order valence-electron chi connectivity index (χ0n) is 18.3. The van der Waals surface area contributed by atoms with Crippen molar-refractivity contribution in [3.8, 4) is 5.75 Å². The number of fused-ring (bicyclic) bond motifs is 1. The Balaban J connectivity index is 1.49. The maximum absolute atomic E-state index is 12.7. The highest BCUT2D eigenvalue weighted by Crippen LogP contribution is 2.22. The van der Waals surface area contributed by atoms with Crippen molar-refractivity contribution in [2.75, 3.05) is 40.3 Å². The van der Waals surface area contributed by atoms with Crippen molar-refractivity contribution in [3.63, 3.8) is 0 Å². The Labute approximate surface area is 179 Å². The molecule has 0 unspecified atom stereocenters. The third-order valence-corrected chi connectivity index (χ3v) is 5.82. The van der Waals surface area contributed by atoms with Crippen LogP contribution < -0.4 is 10.1 Å². The summed E-state index contributed by atoms with van der Waals surface area (Å²) in [5, 5.41) is 5.24. The summed E-state index contributed by atoms with van der Waals surface area (Å²) in [7, 11) is 3.52. The number of methoxy groups -OCH3 is 1. The van der Waals surface area contributed by atoms with Gasteiger partial charge in [0.15, 0.2) is 0 Å². The highest BCUT2D eigenvalue weighted by atomic mass is 16.5. The van der Waals surface area contributed by atoms with Crippen LogP contribution in [0.1, 0.15) is 31.7 Å². The number of likely N-dealkylation sites (N-methyl/N-ethyl adjacent to an activating group) is 1. The molecule has 162 valence electrons. The summed E-state index contributed by atoms with van der Waals surface area (Å²) in [6.45, 7) is 5.37. The van der Waals surface area contributed by atoms with Gasteiger partial charge in [-0.15, -0.1) is 0 Å². The summed E-state index contributed by atoms with van der Waals surface area (Å²) in [6, 6.07) is 12.3. The van der Waals surface area contributed by atoms with Gasteiger partial charge in [-0.25, -0.2) is 0 Å². The molecule has 0 saturated carbocycles. The minimum Gasteiger partial charge on any atom is -0.497 e. The first kappa shape index (κ1) is 22.1. The van der Waals surface area contributed by atoms with E-state index in [1.54, 1.807) is 12.0 Å². The first-order chi connectivity index (χ1) is 14.5. The third kappa shape index (κ3) is 5.72. The number of nitrogens with zero attached hydrogens (tertiary/aromatic N) is 2. The molecule has 1 aliphatic rings. The fourth-order valence-electron chi connectivity index (χ4n) is 3.92. The van der Waals surface area contributed by atoms with Crippen molar-refractivity contribution in [1.82, 2.24) is 15.1 Å². The van der Waals surface area contributed by atoms with Gasteiger partial charge in [-0.1, -0.05) is 25.1 Å². The van der Waals surface area contributed by atoms with Gasteiger partial charge in [0.2, 0.25) is 11.8 Å². The zero-order chi connectivity index (χ0) is 21.5. The van der Waals surface area contributed by atoms with E-state index in [-0.39, 0.29) is 17.7 Å². The van der Waals surface area contributed by atoms with Crippen LogP contribution in [0.15, 0.2) is 36.4 Å². The van der Waals surface area contributed by atoms with E-state index in [1.807, 2.05) is 25.2 Å². The van der Waals surface area contributed by atoms with E-state index in [4.69, 9.17) is 4.74 Å². The summed E-state index contributed by atoms with van der Waals surface area (Å²) in [4.78, 5) is 28.8. The Kier molecular flexibility index (Phi) is 7.69. The standard InChI is InChI=1S/C24H33N3O3/c1-4-11-25-24(29)19-9-12-27(13-10-19)17-23(28)26(2)16-18-5-6-21-15-22(30-3)8-7-20(21)14-18/h5-8,14-15,19H,4,9-13,16-17H2,1-3H3,(H,25,29). The molecule has 6 heteroatoms. The van der Waals surface area contributed by atoms with Crippen molar-refractivity contribution in [1.29, 1.82) is 0 Å². The molecule has 1 aliphatic heterocycles. The number of likely N-dealkylation sites (tertiary alicyclic amines) is 1. The van der Waals surface area contributed by atoms with Crippen molar-refractivity contribution in [3.05, 3.63) is 42.0 Å². The predicted octanol–water partition coefficient (Wildman–Crippen LogP) is 3.05. The largest absolute Gasteiger partial charge is 0.497 e. The Bertz CT molecular complexity index is 875. The average molecular weight is 412 g/mol. The molecule has 0 aliphatic carbocycles. The van der Waals surface area contributed by atoms with Crippen LogP contribution in [0.3, 0.4) is 0 Å². The van der Waals surface area contributed by atoms with Gasteiger partial charge in [0.25, 0.3) is 0 Å². The lowest BCUT2D eigenvalue weighted by molar-refractivity contribution is -0.132. The summed E-state index contributed by atoms with van der Waals surface area (Å²) in [5.74, 6) is 1.19. The van der Waals surface area contributed by atoms with Crippen LogP contribution in [-0.4, -0.2) is 62.0 Å². The van der Waals surface area contributed by atoms with E-state index < -0.39 is 0 Å². The van der Waals surface area contributed by atoms with Gasteiger partial charge < -0.3 is 15.0 Å². The van der Waals surface area contributed by atoms with Crippen molar-refractivity contribution in [2.45, 2.75) is 32.7 Å². The zero-order valence-corrected chi connectivity index (χ0v) is 18.3. The molecule has 0 spiro atoms. The normalized spacial score (nSPS) is 15.2. The minimum atomic E-state index is 0.0804. The number of piperidine rings is 1.